The molecule has 1 N–H and O–H groups in total. The van der Waals surface area contributed by atoms with Gasteiger partial charge in [-0.25, -0.2) is 14.6 Å². The molecule has 8 heteroatoms. The van der Waals surface area contributed by atoms with E-state index < -0.39 is 0 Å². The zero-order valence-corrected chi connectivity index (χ0v) is 13.8. The van der Waals surface area contributed by atoms with Gasteiger partial charge in [-0.15, -0.1) is 0 Å². The van der Waals surface area contributed by atoms with Crippen LogP contribution in [0.1, 0.15) is 6.42 Å². The number of para-hydroxylation sites is 2. The first kappa shape index (κ1) is 16.5. The number of rotatable bonds is 8. The molecule has 0 aliphatic heterocycles. The molecule has 25 heavy (non-hydrogen) atoms. The van der Waals surface area contributed by atoms with Crippen LogP contribution in [0, 0.1) is 11.3 Å². The summed E-state index contributed by atoms with van der Waals surface area (Å²) in [7, 11) is 1.61. The number of nitrogens with one attached hydrogen (secondary N) is 1. The summed E-state index contributed by atoms with van der Waals surface area (Å²) >= 11 is 0. The number of aromatic nitrogens is 4. The van der Waals surface area contributed by atoms with Gasteiger partial charge in [0.25, 0.3) is 0 Å². The van der Waals surface area contributed by atoms with Gasteiger partial charge in [-0.1, -0.05) is 12.1 Å². The van der Waals surface area contributed by atoms with Crippen LogP contribution in [-0.2, 0) is 6.54 Å². The molecule has 3 rings (SSSR count). The van der Waals surface area contributed by atoms with Crippen LogP contribution in [0.2, 0.25) is 0 Å². The normalized spacial score (nSPS) is 10.4. The maximum atomic E-state index is 8.71. The van der Waals surface area contributed by atoms with E-state index in [0.717, 1.165) is 5.39 Å². The molecule has 8 nitrogen and oxygen atoms in total. The molecule has 128 valence electrons. The van der Waals surface area contributed by atoms with Crippen LogP contribution in [0.15, 0.2) is 36.8 Å². The molecule has 0 unspecified atom stereocenters. The number of nitriles is 1. The predicted molar refractivity (Wildman–Crippen MR) is 92.5 cm³/mol. The molecule has 0 bridgehead atoms. The van der Waals surface area contributed by atoms with Crippen molar-refractivity contribution in [2.45, 2.75) is 13.0 Å². The summed E-state index contributed by atoms with van der Waals surface area (Å²) in [5.74, 6) is 2.09. The lowest BCUT2D eigenvalue weighted by Gasteiger charge is -2.11. The van der Waals surface area contributed by atoms with Crippen molar-refractivity contribution >= 4 is 16.9 Å². The molecule has 0 fully saturated rings. The van der Waals surface area contributed by atoms with Gasteiger partial charge in [0.15, 0.2) is 17.1 Å². The van der Waals surface area contributed by atoms with E-state index in [1.165, 1.54) is 6.33 Å². The summed E-state index contributed by atoms with van der Waals surface area (Å²) in [4.78, 5) is 8.50. The smallest absolute Gasteiger partial charge is 0.163 e. The Bertz CT molecular complexity index is 886. The Morgan fingerprint density at radius 2 is 2.08 bits per heavy atom. The third-order valence-corrected chi connectivity index (χ3v) is 3.59. The highest BCUT2D eigenvalue weighted by Crippen LogP contribution is 2.25. The average molecular weight is 338 g/mol. The summed E-state index contributed by atoms with van der Waals surface area (Å²) in [6, 6.07) is 9.61. The molecule has 0 aliphatic carbocycles. The van der Waals surface area contributed by atoms with E-state index in [1.54, 1.807) is 18.0 Å². The van der Waals surface area contributed by atoms with Crippen LogP contribution in [0.5, 0.6) is 11.5 Å². The maximum Gasteiger partial charge on any atom is 0.163 e. The van der Waals surface area contributed by atoms with Gasteiger partial charge in [0.05, 0.1) is 44.3 Å². The number of methoxy groups -OCH3 is 1. The Kier molecular flexibility index (Phi) is 5.26. The van der Waals surface area contributed by atoms with E-state index >= 15 is 0 Å². The van der Waals surface area contributed by atoms with Crippen LogP contribution < -0.4 is 14.8 Å². The fraction of sp³-hybridized carbons (Fsp3) is 0.294. The zero-order valence-electron chi connectivity index (χ0n) is 13.8. The summed E-state index contributed by atoms with van der Waals surface area (Å²) in [5.41, 5.74) is 0.707. The maximum absolute atomic E-state index is 8.71. The first-order valence-electron chi connectivity index (χ1n) is 7.86. The molecule has 2 aromatic heterocycles. The van der Waals surface area contributed by atoms with Gasteiger partial charge < -0.3 is 14.8 Å². The Morgan fingerprint density at radius 1 is 1.24 bits per heavy atom. The van der Waals surface area contributed by atoms with Crippen molar-refractivity contribution < 1.29 is 9.47 Å². The van der Waals surface area contributed by atoms with Gasteiger partial charge >= 0.3 is 0 Å². The summed E-state index contributed by atoms with van der Waals surface area (Å²) < 4.78 is 12.7. The van der Waals surface area contributed by atoms with Crippen LogP contribution in [-0.4, -0.2) is 40.0 Å². The minimum Gasteiger partial charge on any atom is -0.493 e. The highest BCUT2D eigenvalue weighted by Gasteiger charge is 2.09. The summed E-state index contributed by atoms with van der Waals surface area (Å²) in [6.45, 7) is 1.52. The molecule has 3 aromatic rings. The number of benzene rings is 1. The van der Waals surface area contributed by atoms with Gasteiger partial charge in [-0.2, -0.15) is 10.4 Å². The topological polar surface area (TPSA) is 97.9 Å². The van der Waals surface area contributed by atoms with Crippen LogP contribution in [0.4, 0.5) is 5.82 Å². The minimum absolute atomic E-state index is 0.385. The zero-order chi connectivity index (χ0) is 17.5. The molecular formula is C17H18N6O2. The highest BCUT2D eigenvalue weighted by molar-refractivity contribution is 5.86. The molecule has 0 spiro atoms. The molecule has 0 saturated heterocycles. The van der Waals surface area contributed by atoms with Crippen LogP contribution >= 0.6 is 0 Å². The fourth-order valence-corrected chi connectivity index (χ4v) is 2.42. The number of fused-ring (bicyclic) bond motifs is 1. The SMILES string of the molecule is COc1ccccc1OCCNc1ncnc2c1cnn2CCC#N. The van der Waals surface area contributed by atoms with Crippen molar-refractivity contribution in [1.29, 1.82) is 5.26 Å². The Morgan fingerprint density at radius 3 is 2.88 bits per heavy atom. The van der Waals surface area contributed by atoms with Crippen LogP contribution in [0.3, 0.4) is 0 Å². The third kappa shape index (κ3) is 3.77. The van der Waals surface area contributed by atoms with Crippen molar-refractivity contribution in [2.75, 3.05) is 25.6 Å². The van der Waals surface area contributed by atoms with E-state index in [2.05, 4.69) is 26.5 Å². The number of aryl methyl sites for hydroxylation is 1. The van der Waals surface area contributed by atoms with Gasteiger partial charge in [-0.05, 0) is 12.1 Å². The number of hydrogen-bond acceptors (Lipinski definition) is 7. The molecule has 0 aliphatic rings. The lowest BCUT2D eigenvalue weighted by Crippen LogP contribution is -2.13. The van der Waals surface area contributed by atoms with E-state index in [-0.39, 0.29) is 0 Å². The number of anilines is 1. The Labute approximate surface area is 145 Å². The van der Waals surface area contributed by atoms with E-state index in [4.69, 9.17) is 14.7 Å². The summed E-state index contributed by atoms with van der Waals surface area (Å²) in [5, 5.41) is 17.0. The fourth-order valence-electron chi connectivity index (χ4n) is 2.42. The predicted octanol–water partition coefficient (Wildman–Crippen LogP) is 2.24. The van der Waals surface area contributed by atoms with E-state index in [1.807, 2.05) is 24.3 Å². The highest BCUT2D eigenvalue weighted by atomic mass is 16.5. The van der Waals surface area contributed by atoms with Crippen LogP contribution in [0.25, 0.3) is 11.0 Å². The quantitative estimate of drug-likeness (QED) is 0.629. The van der Waals surface area contributed by atoms with E-state index in [0.29, 0.717) is 49.1 Å². The molecule has 1 aromatic carbocycles. The second kappa shape index (κ2) is 7.97. The minimum atomic E-state index is 0.385. The summed E-state index contributed by atoms with van der Waals surface area (Å²) in [6.07, 6.45) is 3.57. The molecule has 0 amide bonds. The Hall–Kier alpha value is -3.34. The van der Waals surface area contributed by atoms with Crippen molar-refractivity contribution in [3.63, 3.8) is 0 Å². The first-order chi connectivity index (χ1) is 12.3. The van der Waals surface area contributed by atoms with Gasteiger partial charge in [0.1, 0.15) is 18.8 Å². The lowest BCUT2D eigenvalue weighted by atomic mass is 10.3. The molecular weight excluding hydrogens is 320 g/mol. The van der Waals surface area contributed by atoms with Gasteiger partial charge in [-0.3, -0.25) is 0 Å². The molecule has 0 saturated carbocycles. The number of ether oxygens (including phenoxy) is 2. The Balaban J connectivity index is 1.62. The number of hydrogen-bond donors (Lipinski definition) is 1. The van der Waals surface area contributed by atoms with E-state index in [9.17, 15) is 0 Å². The lowest BCUT2D eigenvalue weighted by molar-refractivity contribution is 0.306. The monoisotopic (exact) mass is 338 g/mol. The van der Waals surface area contributed by atoms with Gasteiger partial charge in [0.2, 0.25) is 0 Å². The molecule has 0 radical (unpaired) electrons. The number of nitrogens with zero attached hydrogens (tertiary/aromatic N) is 5. The molecule has 2 heterocycles. The van der Waals surface area contributed by atoms with Crippen molar-refractivity contribution in [3.05, 3.63) is 36.8 Å². The second-order valence-corrected chi connectivity index (χ2v) is 5.16. The first-order valence-corrected chi connectivity index (χ1v) is 7.86. The van der Waals surface area contributed by atoms with Crippen molar-refractivity contribution in [2.24, 2.45) is 0 Å². The standard InChI is InChI=1S/C17H18N6O2/c1-24-14-5-2-3-6-15(14)25-10-8-19-16-13-11-22-23(9-4-7-18)17(13)21-12-20-16/h2-3,5-6,11-12H,4,8-10H2,1H3,(H,19,20,21). The van der Waals surface area contributed by atoms with Crippen molar-refractivity contribution in [1.82, 2.24) is 19.7 Å². The average Bonchev–Trinajstić information content (AvgIpc) is 3.07. The second-order valence-electron chi connectivity index (χ2n) is 5.16. The molecule has 0 atom stereocenters. The largest absolute Gasteiger partial charge is 0.493 e. The van der Waals surface area contributed by atoms with Crippen molar-refractivity contribution in [3.8, 4) is 17.6 Å². The van der Waals surface area contributed by atoms with Gasteiger partial charge in [0, 0.05) is 0 Å². The third-order valence-electron chi connectivity index (χ3n) is 3.59.